The first-order valence-corrected chi connectivity index (χ1v) is 4.56. The Morgan fingerprint density at radius 3 is 2.85 bits per heavy atom. The Morgan fingerprint density at radius 1 is 1.62 bits per heavy atom. The number of hydrogen-bond acceptors (Lipinski definition) is 3. The van der Waals surface area contributed by atoms with Crippen LogP contribution in [0, 0.1) is 17.8 Å². The van der Waals surface area contributed by atoms with Crippen molar-refractivity contribution in [2.24, 2.45) is 17.8 Å². The normalized spacial score (nSPS) is 33.0. The molecule has 74 valence electrons. The fraction of sp³-hybridized carbons (Fsp3) is 0.700. The van der Waals surface area contributed by atoms with Gasteiger partial charge in [0.05, 0.1) is 19.6 Å². The Hall–Kier alpha value is -0.830. The van der Waals surface area contributed by atoms with E-state index < -0.39 is 0 Å². The van der Waals surface area contributed by atoms with Crippen LogP contribution in [0.2, 0.25) is 0 Å². The van der Waals surface area contributed by atoms with E-state index in [1.165, 1.54) is 7.11 Å². The van der Waals surface area contributed by atoms with Crippen molar-refractivity contribution < 1.29 is 14.6 Å². The fourth-order valence-electron chi connectivity index (χ4n) is 1.73. The van der Waals surface area contributed by atoms with Crippen LogP contribution in [0.25, 0.3) is 0 Å². The number of aliphatic hydroxyl groups is 1. The number of methoxy groups -OCH3 is 1. The number of rotatable bonds is 2. The Bertz CT molecular complexity index is 210. The number of aliphatic hydroxyl groups excluding tert-OH is 1. The van der Waals surface area contributed by atoms with Crippen molar-refractivity contribution in [1.82, 2.24) is 0 Å². The van der Waals surface area contributed by atoms with Crippen molar-refractivity contribution in [3.05, 3.63) is 12.2 Å². The number of hydrogen-bond donors (Lipinski definition) is 1. The lowest BCUT2D eigenvalue weighted by Gasteiger charge is -2.26. The second-order valence-electron chi connectivity index (χ2n) is 3.57. The molecule has 0 bridgehead atoms. The molecule has 13 heavy (non-hydrogen) atoms. The highest BCUT2D eigenvalue weighted by molar-refractivity contribution is 5.73. The zero-order chi connectivity index (χ0) is 9.84. The van der Waals surface area contributed by atoms with Crippen LogP contribution in [0.15, 0.2) is 12.2 Å². The molecule has 0 unspecified atom stereocenters. The maximum Gasteiger partial charge on any atom is 0.309 e. The summed E-state index contributed by atoms with van der Waals surface area (Å²) < 4.78 is 4.69. The van der Waals surface area contributed by atoms with Crippen molar-refractivity contribution in [2.75, 3.05) is 13.7 Å². The summed E-state index contributed by atoms with van der Waals surface area (Å²) in [6, 6.07) is 0. The van der Waals surface area contributed by atoms with Gasteiger partial charge in [-0.3, -0.25) is 4.79 Å². The van der Waals surface area contributed by atoms with E-state index in [9.17, 15) is 4.79 Å². The summed E-state index contributed by atoms with van der Waals surface area (Å²) in [6.45, 7) is 2.07. The van der Waals surface area contributed by atoms with Crippen LogP contribution in [0.4, 0.5) is 0 Å². The number of ether oxygens (including phenoxy) is 1. The van der Waals surface area contributed by atoms with Gasteiger partial charge in [0.2, 0.25) is 0 Å². The highest BCUT2D eigenvalue weighted by Crippen LogP contribution is 2.28. The lowest BCUT2D eigenvalue weighted by molar-refractivity contribution is -0.148. The Morgan fingerprint density at radius 2 is 2.31 bits per heavy atom. The first kappa shape index (κ1) is 10.3. The molecule has 0 saturated carbocycles. The van der Waals surface area contributed by atoms with Gasteiger partial charge in [-0.15, -0.1) is 0 Å². The molecular formula is C10H16O3. The third-order valence-electron chi connectivity index (χ3n) is 2.54. The van der Waals surface area contributed by atoms with Gasteiger partial charge in [0, 0.05) is 5.92 Å². The van der Waals surface area contributed by atoms with Crippen molar-refractivity contribution in [3.8, 4) is 0 Å². The summed E-state index contributed by atoms with van der Waals surface area (Å²) in [5.74, 6) is -0.0548. The zero-order valence-corrected chi connectivity index (χ0v) is 8.06. The third-order valence-corrected chi connectivity index (χ3v) is 2.54. The summed E-state index contributed by atoms with van der Waals surface area (Å²) in [4.78, 5) is 11.3. The Kier molecular flexibility index (Phi) is 3.48. The molecule has 0 radical (unpaired) electrons. The highest BCUT2D eigenvalue weighted by Gasteiger charge is 2.30. The Balaban J connectivity index is 2.70. The zero-order valence-electron chi connectivity index (χ0n) is 8.06. The van der Waals surface area contributed by atoms with Gasteiger partial charge in [-0.2, -0.15) is 0 Å². The first-order valence-electron chi connectivity index (χ1n) is 4.56. The monoisotopic (exact) mass is 184 g/mol. The minimum Gasteiger partial charge on any atom is -0.469 e. The van der Waals surface area contributed by atoms with E-state index in [2.05, 4.69) is 11.7 Å². The molecule has 0 saturated heterocycles. The molecule has 3 atom stereocenters. The molecule has 0 aromatic heterocycles. The molecule has 3 heteroatoms. The third kappa shape index (κ3) is 2.31. The molecule has 1 N–H and O–H groups in total. The molecule has 0 fully saturated rings. The minimum atomic E-state index is -0.213. The molecule has 3 nitrogen and oxygen atoms in total. The van der Waals surface area contributed by atoms with Gasteiger partial charge < -0.3 is 9.84 Å². The van der Waals surface area contributed by atoms with Crippen molar-refractivity contribution in [1.29, 1.82) is 0 Å². The van der Waals surface area contributed by atoms with Crippen molar-refractivity contribution >= 4 is 5.97 Å². The molecule has 1 aliphatic rings. The van der Waals surface area contributed by atoms with Gasteiger partial charge in [-0.1, -0.05) is 19.1 Å². The number of allylic oxidation sites excluding steroid dienone is 1. The smallest absolute Gasteiger partial charge is 0.309 e. The van der Waals surface area contributed by atoms with Crippen LogP contribution >= 0.6 is 0 Å². The molecule has 0 aliphatic heterocycles. The van der Waals surface area contributed by atoms with E-state index in [-0.39, 0.29) is 24.4 Å². The van der Waals surface area contributed by atoms with Gasteiger partial charge in [-0.25, -0.2) is 0 Å². The van der Waals surface area contributed by atoms with Crippen LogP contribution in [0.3, 0.4) is 0 Å². The number of carbonyl (C=O) groups excluding carboxylic acids is 1. The van der Waals surface area contributed by atoms with Gasteiger partial charge in [0.25, 0.3) is 0 Å². The second-order valence-corrected chi connectivity index (χ2v) is 3.57. The van der Waals surface area contributed by atoms with Crippen molar-refractivity contribution in [3.63, 3.8) is 0 Å². The average molecular weight is 184 g/mol. The molecule has 1 rings (SSSR count). The van der Waals surface area contributed by atoms with E-state index in [1.807, 2.05) is 12.2 Å². The first-order chi connectivity index (χ1) is 6.19. The molecular weight excluding hydrogens is 168 g/mol. The van der Waals surface area contributed by atoms with Gasteiger partial charge in [-0.05, 0) is 12.3 Å². The molecule has 0 aromatic rings. The summed E-state index contributed by atoms with van der Waals surface area (Å²) >= 11 is 0. The SMILES string of the molecule is COC(=O)[C@H]1C[C@H](C)C=C[C@@H]1CO. The molecule has 0 aromatic carbocycles. The topological polar surface area (TPSA) is 46.5 Å². The number of esters is 1. The standard InChI is InChI=1S/C10H16O3/c1-7-3-4-8(6-11)9(5-7)10(12)13-2/h3-4,7-9,11H,5-6H2,1-2H3/t7-,8-,9+/m1/s1. The summed E-state index contributed by atoms with van der Waals surface area (Å²) in [5, 5.41) is 9.03. The Labute approximate surface area is 78.4 Å². The second kappa shape index (κ2) is 4.42. The van der Waals surface area contributed by atoms with E-state index in [1.54, 1.807) is 0 Å². The molecule has 0 amide bonds. The van der Waals surface area contributed by atoms with Gasteiger partial charge in [0.15, 0.2) is 0 Å². The van der Waals surface area contributed by atoms with Crippen molar-refractivity contribution in [2.45, 2.75) is 13.3 Å². The van der Waals surface area contributed by atoms with Crippen LogP contribution in [0.1, 0.15) is 13.3 Å². The van der Waals surface area contributed by atoms with E-state index in [4.69, 9.17) is 5.11 Å². The molecule has 1 aliphatic carbocycles. The highest BCUT2D eigenvalue weighted by atomic mass is 16.5. The van der Waals surface area contributed by atoms with Gasteiger partial charge >= 0.3 is 5.97 Å². The summed E-state index contributed by atoms with van der Waals surface area (Å²) in [7, 11) is 1.39. The predicted molar refractivity (Wildman–Crippen MR) is 49.0 cm³/mol. The molecule has 0 spiro atoms. The van der Waals surface area contributed by atoms with Crippen LogP contribution in [-0.4, -0.2) is 24.8 Å². The quantitative estimate of drug-likeness (QED) is 0.514. The van der Waals surface area contributed by atoms with Gasteiger partial charge in [0.1, 0.15) is 0 Å². The maximum absolute atomic E-state index is 11.3. The maximum atomic E-state index is 11.3. The fourth-order valence-corrected chi connectivity index (χ4v) is 1.73. The van der Waals surface area contributed by atoms with E-state index >= 15 is 0 Å². The van der Waals surface area contributed by atoms with Crippen LogP contribution in [0.5, 0.6) is 0 Å². The lowest BCUT2D eigenvalue weighted by atomic mass is 9.80. The predicted octanol–water partition coefficient (Wildman–Crippen LogP) is 0.980. The van der Waals surface area contributed by atoms with E-state index in [0.717, 1.165) is 6.42 Å². The van der Waals surface area contributed by atoms with Crippen LogP contribution < -0.4 is 0 Å². The largest absolute Gasteiger partial charge is 0.469 e. The average Bonchev–Trinajstić information content (AvgIpc) is 2.16. The summed E-state index contributed by atoms with van der Waals surface area (Å²) in [5.41, 5.74) is 0. The number of carbonyl (C=O) groups is 1. The summed E-state index contributed by atoms with van der Waals surface area (Å²) in [6.07, 6.45) is 4.73. The molecule has 0 heterocycles. The van der Waals surface area contributed by atoms with Crippen LogP contribution in [-0.2, 0) is 9.53 Å². The van der Waals surface area contributed by atoms with E-state index in [0.29, 0.717) is 5.92 Å². The lowest BCUT2D eigenvalue weighted by Crippen LogP contribution is -2.30. The minimum absolute atomic E-state index is 0.0169.